The average molecular weight is 381 g/mol. The number of benzene rings is 2. The van der Waals surface area contributed by atoms with Crippen LogP contribution in [-0.4, -0.2) is 31.6 Å². The van der Waals surface area contributed by atoms with Gasteiger partial charge in [-0.1, -0.05) is 37.3 Å². The molecule has 4 heteroatoms. The lowest BCUT2D eigenvalue weighted by atomic mass is 10.0. The van der Waals surface area contributed by atoms with Gasteiger partial charge in [0.1, 0.15) is 5.75 Å². The highest BCUT2D eigenvalue weighted by atomic mass is 16.5. The topological polar surface area (TPSA) is 41.6 Å². The van der Waals surface area contributed by atoms with E-state index in [2.05, 4.69) is 47.5 Å². The van der Waals surface area contributed by atoms with Crippen LogP contribution in [0.5, 0.6) is 5.75 Å². The Morgan fingerprint density at radius 3 is 2.82 bits per heavy atom. The first-order valence-electron chi connectivity index (χ1n) is 10.4. The molecular weight excluding hydrogens is 348 g/mol. The summed E-state index contributed by atoms with van der Waals surface area (Å²) in [7, 11) is 0. The molecule has 1 amide bonds. The summed E-state index contributed by atoms with van der Waals surface area (Å²) in [6, 6.07) is 14.6. The van der Waals surface area contributed by atoms with Gasteiger partial charge in [0.2, 0.25) is 0 Å². The van der Waals surface area contributed by atoms with Crippen LogP contribution in [0, 0.1) is 13.8 Å². The summed E-state index contributed by atoms with van der Waals surface area (Å²) in [5.74, 6) is 0.773. The first-order valence-corrected chi connectivity index (χ1v) is 10.4. The lowest BCUT2D eigenvalue weighted by molar-refractivity contribution is -0.128. The summed E-state index contributed by atoms with van der Waals surface area (Å²) in [5.41, 5.74) is 5.06. The number of nitrogens with zero attached hydrogens (tertiary/aromatic N) is 1. The van der Waals surface area contributed by atoms with E-state index in [-0.39, 0.29) is 5.91 Å². The molecule has 0 radical (unpaired) electrons. The van der Waals surface area contributed by atoms with Crippen LogP contribution in [0.25, 0.3) is 0 Å². The molecule has 2 aromatic rings. The van der Waals surface area contributed by atoms with Gasteiger partial charge >= 0.3 is 0 Å². The van der Waals surface area contributed by atoms with Crippen LogP contribution in [0.1, 0.15) is 42.9 Å². The molecule has 0 aromatic heterocycles. The number of para-hydroxylation sites is 1. The molecule has 0 aliphatic carbocycles. The summed E-state index contributed by atoms with van der Waals surface area (Å²) in [4.78, 5) is 15.0. The first-order chi connectivity index (χ1) is 13.6. The molecule has 0 fully saturated rings. The molecule has 1 N–H and O–H groups in total. The van der Waals surface area contributed by atoms with E-state index in [9.17, 15) is 4.79 Å². The van der Waals surface area contributed by atoms with Crippen LogP contribution in [-0.2, 0) is 11.2 Å². The zero-order valence-corrected chi connectivity index (χ0v) is 17.3. The maximum atomic E-state index is 12.6. The summed E-state index contributed by atoms with van der Waals surface area (Å²) in [5, 5.41) is 3.06. The van der Waals surface area contributed by atoms with Gasteiger partial charge in [0.05, 0.1) is 0 Å². The highest BCUT2D eigenvalue weighted by Crippen LogP contribution is 2.26. The lowest BCUT2D eigenvalue weighted by Gasteiger charge is -2.31. The normalized spacial score (nSPS) is 14.3. The zero-order chi connectivity index (χ0) is 19.9. The molecule has 2 aromatic carbocycles. The Morgan fingerprint density at radius 2 is 2.00 bits per heavy atom. The van der Waals surface area contributed by atoms with E-state index in [4.69, 9.17) is 4.74 Å². The second kappa shape index (κ2) is 9.63. The number of carbonyl (C=O) groups is 1. The molecule has 1 atom stereocenters. The van der Waals surface area contributed by atoms with E-state index in [0.717, 1.165) is 37.2 Å². The predicted molar refractivity (Wildman–Crippen MR) is 115 cm³/mol. The molecule has 0 saturated carbocycles. The minimum absolute atomic E-state index is 0.0255. The molecule has 0 unspecified atom stereocenters. The molecule has 1 aliphatic rings. The molecule has 0 spiro atoms. The van der Waals surface area contributed by atoms with E-state index in [1.54, 1.807) is 0 Å². The standard InChI is InChI=1S/C24H32N2O2/c1-4-22(28-23-14-7-10-18(2)19(23)3)24(27)25-15-9-17-26-16-8-12-20-11-5-6-13-21(20)26/h5-7,10-11,13-14,22H,4,8-9,12,15-17H2,1-3H3,(H,25,27)/t22-/m1/s1. The largest absolute Gasteiger partial charge is 0.480 e. The van der Waals surface area contributed by atoms with Gasteiger partial charge in [-0.15, -0.1) is 0 Å². The number of rotatable bonds is 8. The van der Waals surface area contributed by atoms with Gasteiger partial charge < -0.3 is 15.0 Å². The fraction of sp³-hybridized carbons (Fsp3) is 0.458. The van der Waals surface area contributed by atoms with Gasteiger partial charge in [-0.2, -0.15) is 0 Å². The van der Waals surface area contributed by atoms with Gasteiger partial charge in [-0.25, -0.2) is 0 Å². The van der Waals surface area contributed by atoms with Gasteiger partial charge in [0.15, 0.2) is 6.10 Å². The number of carbonyl (C=O) groups excluding carboxylic acids is 1. The average Bonchev–Trinajstić information content (AvgIpc) is 2.72. The smallest absolute Gasteiger partial charge is 0.261 e. The maximum absolute atomic E-state index is 12.6. The third-order valence-electron chi connectivity index (χ3n) is 5.60. The molecular formula is C24H32N2O2. The van der Waals surface area contributed by atoms with E-state index >= 15 is 0 Å². The number of aryl methyl sites for hydroxylation is 2. The second-order valence-corrected chi connectivity index (χ2v) is 7.58. The van der Waals surface area contributed by atoms with Crippen molar-refractivity contribution in [1.82, 2.24) is 5.32 Å². The molecule has 1 aliphatic heterocycles. The van der Waals surface area contributed by atoms with Crippen LogP contribution in [0.15, 0.2) is 42.5 Å². The third-order valence-corrected chi connectivity index (χ3v) is 5.60. The van der Waals surface area contributed by atoms with Crippen molar-refractivity contribution in [3.8, 4) is 5.75 Å². The van der Waals surface area contributed by atoms with E-state index in [1.165, 1.54) is 23.2 Å². The number of fused-ring (bicyclic) bond motifs is 1. The van der Waals surface area contributed by atoms with Crippen LogP contribution < -0.4 is 15.0 Å². The van der Waals surface area contributed by atoms with Crippen LogP contribution in [0.2, 0.25) is 0 Å². The minimum Gasteiger partial charge on any atom is -0.480 e. The molecule has 28 heavy (non-hydrogen) atoms. The Balaban J connectivity index is 1.48. The zero-order valence-electron chi connectivity index (χ0n) is 17.3. The van der Waals surface area contributed by atoms with Crippen molar-refractivity contribution >= 4 is 11.6 Å². The number of ether oxygens (including phenoxy) is 1. The third kappa shape index (κ3) is 4.86. The van der Waals surface area contributed by atoms with Crippen molar-refractivity contribution in [2.24, 2.45) is 0 Å². The van der Waals surface area contributed by atoms with Gasteiger partial charge in [-0.3, -0.25) is 4.79 Å². The van der Waals surface area contributed by atoms with Crippen molar-refractivity contribution < 1.29 is 9.53 Å². The predicted octanol–water partition coefficient (Wildman–Crippen LogP) is 4.42. The highest BCUT2D eigenvalue weighted by molar-refractivity contribution is 5.81. The SMILES string of the molecule is CC[C@@H](Oc1cccc(C)c1C)C(=O)NCCCN1CCCc2ccccc21. The van der Waals surface area contributed by atoms with Crippen molar-refractivity contribution in [3.05, 3.63) is 59.2 Å². The van der Waals surface area contributed by atoms with Crippen LogP contribution in [0.3, 0.4) is 0 Å². The fourth-order valence-corrected chi connectivity index (χ4v) is 3.77. The number of hydrogen-bond donors (Lipinski definition) is 1. The second-order valence-electron chi connectivity index (χ2n) is 7.58. The summed E-state index contributed by atoms with van der Waals surface area (Å²) in [6.45, 7) is 8.81. The van der Waals surface area contributed by atoms with Crippen molar-refractivity contribution in [2.75, 3.05) is 24.5 Å². The Morgan fingerprint density at radius 1 is 1.18 bits per heavy atom. The fourth-order valence-electron chi connectivity index (χ4n) is 3.77. The van der Waals surface area contributed by atoms with Gasteiger partial charge in [-0.05, 0) is 68.4 Å². The van der Waals surface area contributed by atoms with Crippen LogP contribution >= 0.6 is 0 Å². The molecule has 150 valence electrons. The number of anilines is 1. The van der Waals surface area contributed by atoms with Crippen molar-refractivity contribution in [3.63, 3.8) is 0 Å². The molecule has 3 rings (SSSR count). The lowest BCUT2D eigenvalue weighted by Crippen LogP contribution is -2.39. The number of nitrogens with one attached hydrogen (secondary N) is 1. The molecule has 1 heterocycles. The number of amides is 1. The number of hydrogen-bond acceptors (Lipinski definition) is 3. The molecule has 4 nitrogen and oxygen atoms in total. The highest BCUT2D eigenvalue weighted by Gasteiger charge is 2.20. The van der Waals surface area contributed by atoms with Gasteiger partial charge in [0.25, 0.3) is 5.91 Å². The van der Waals surface area contributed by atoms with Crippen molar-refractivity contribution in [2.45, 2.75) is 52.6 Å². The first kappa shape index (κ1) is 20.2. The molecule has 0 bridgehead atoms. The van der Waals surface area contributed by atoms with Crippen molar-refractivity contribution in [1.29, 1.82) is 0 Å². The van der Waals surface area contributed by atoms with E-state index < -0.39 is 6.10 Å². The maximum Gasteiger partial charge on any atom is 0.261 e. The quantitative estimate of drug-likeness (QED) is 0.689. The van der Waals surface area contributed by atoms with E-state index in [1.807, 2.05) is 26.0 Å². The molecule has 0 saturated heterocycles. The van der Waals surface area contributed by atoms with E-state index in [0.29, 0.717) is 13.0 Å². The monoisotopic (exact) mass is 380 g/mol. The Hall–Kier alpha value is -2.49. The summed E-state index contributed by atoms with van der Waals surface area (Å²) < 4.78 is 6.01. The van der Waals surface area contributed by atoms with Gasteiger partial charge in [0, 0.05) is 25.3 Å². The Bertz CT molecular complexity index is 803. The Kier molecular flexibility index (Phi) is 6.96. The van der Waals surface area contributed by atoms with Crippen LogP contribution in [0.4, 0.5) is 5.69 Å². The summed E-state index contributed by atoms with van der Waals surface area (Å²) >= 11 is 0. The Labute approximate surface area is 168 Å². The minimum atomic E-state index is -0.448. The summed E-state index contributed by atoms with van der Waals surface area (Å²) in [6.07, 6.45) is 3.50.